The van der Waals surface area contributed by atoms with E-state index in [0.29, 0.717) is 0 Å². The minimum Gasteiger partial charge on any atom is -0.399 e. The van der Waals surface area contributed by atoms with E-state index < -0.39 is 0 Å². The summed E-state index contributed by atoms with van der Waals surface area (Å²) in [5.74, 6) is 2.14. The van der Waals surface area contributed by atoms with Gasteiger partial charge in [-0.1, -0.05) is 6.07 Å². The maximum Gasteiger partial charge on any atom is 0.0325 e. The zero-order valence-electron chi connectivity index (χ0n) is 10.5. The van der Waals surface area contributed by atoms with Gasteiger partial charge in [0.05, 0.1) is 0 Å². The van der Waals surface area contributed by atoms with E-state index in [2.05, 4.69) is 24.4 Å². The second kappa shape index (κ2) is 6.31. The number of nitrogen functional groups attached to an aromatic ring is 1. The van der Waals surface area contributed by atoms with Crippen LogP contribution in [0.25, 0.3) is 0 Å². The molecule has 0 aliphatic carbocycles. The van der Waals surface area contributed by atoms with Gasteiger partial charge in [-0.2, -0.15) is 0 Å². The summed E-state index contributed by atoms with van der Waals surface area (Å²) in [7, 11) is 0. The normalized spacial score (nSPS) is 17.2. The lowest BCUT2D eigenvalue weighted by atomic mass is 9.96. The summed E-state index contributed by atoms with van der Waals surface area (Å²) in [6, 6.07) is 6.19. The molecule has 0 atom stereocenters. The molecule has 3 N–H and O–H groups in total. The van der Waals surface area contributed by atoms with Crippen molar-refractivity contribution >= 4 is 17.4 Å². The Balaban J connectivity index is 1.79. The van der Waals surface area contributed by atoms with E-state index in [9.17, 15) is 0 Å². The molecular formula is C14H22N2S. The van der Waals surface area contributed by atoms with E-state index >= 15 is 0 Å². The number of hydrogen-bond acceptors (Lipinski definition) is 3. The van der Waals surface area contributed by atoms with Crippen LogP contribution in [0.1, 0.15) is 24.8 Å². The number of benzene rings is 1. The molecule has 0 amide bonds. The molecule has 1 saturated heterocycles. The van der Waals surface area contributed by atoms with Gasteiger partial charge in [0.25, 0.3) is 0 Å². The van der Waals surface area contributed by atoms with E-state index in [1.807, 2.05) is 17.8 Å². The van der Waals surface area contributed by atoms with Crippen LogP contribution in [0, 0.1) is 12.8 Å². The third-order valence-electron chi connectivity index (χ3n) is 3.45. The molecule has 2 nitrogen and oxygen atoms in total. The molecule has 1 aliphatic rings. The third kappa shape index (κ3) is 3.93. The summed E-state index contributed by atoms with van der Waals surface area (Å²) >= 11 is 1.95. The summed E-state index contributed by atoms with van der Waals surface area (Å²) in [6.45, 7) is 4.56. The van der Waals surface area contributed by atoms with E-state index in [0.717, 1.165) is 11.6 Å². The van der Waals surface area contributed by atoms with Gasteiger partial charge in [-0.3, -0.25) is 0 Å². The van der Waals surface area contributed by atoms with Gasteiger partial charge >= 0.3 is 0 Å². The molecule has 2 rings (SSSR count). The molecule has 17 heavy (non-hydrogen) atoms. The molecule has 0 bridgehead atoms. The molecule has 1 heterocycles. The van der Waals surface area contributed by atoms with Gasteiger partial charge in [-0.15, -0.1) is 11.8 Å². The van der Waals surface area contributed by atoms with Crippen molar-refractivity contribution < 1.29 is 0 Å². The molecule has 0 radical (unpaired) electrons. The fourth-order valence-electron chi connectivity index (χ4n) is 2.28. The van der Waals surface area contributed by atoms with Gasteiger partial charge in [0.1, 0.15) is 0 Å². The SMILES string of the molecule is Cc1ccc(N)cc1SCCC1CCNCC1. The number of anilines is 1. The zero-order chi connectivity index (χ0) is 12.1. The average Bonchev–Trinajstić information content (AvgIpc) is 2.35. The topological polar surface area (TPSA) is 38.0 Å². The number of nitrogens with two attached hydrogens (primary N) is 1. The van der Waals surface area contributed by atoms with Gasteiger partial charge < -0.3 is 11.1 Å². The van der Waals surface area contributed by atoms with Crippen LogP contribution >= 0.6 is 11.8 Å². The number of aryl methyl sites for hydroxylation is 1. The van der Waals surface area contributed by atoms with E-state index in [4.69, 9.17) is 5.73 Å². The molecule has 3 heteroatoms. The van der Waals surface area contributed by atoms with E-state index in [-0.39, 0.29) is 0 Å². The number of thioether (sulfide) groups is 1. The van der Waals surface area contributed by atoms with Crippen LogP contribution in [-0.4, -0.2) is 18.8 Å². The van der Waals surface area contributed by atoms with Crippen LogP contribution in [0.3, 0.4) is 0 Å². The lowest BCUT2D eigenvalue weighted by Gasteiger charge is -2.22. The van der Waals surface area contributed by atoms with Crippen LogP contribution in [0.5, 0.6) is 0 Å². The number of nitrogens with one attached hydrogen (secondary N) is 1. The van der Waals surface area contributed by atoms with Gasteiger partial charge in [-0.05, 0) is 68.6 Å². The van der Waals surface area contributed by atoms with Crippen LogP contribution in [-0.2, 0) is 0 Å². The smallest absolute Gasteiger partial charge is 0.0325 e. The first-order valence-electron chi connectivity index (χ1n) is 6.45. The van der Waals surface area contributed by atoms with Crippen molar-refractivity contribution in [2.75, 3.05) is 24.6 Å². The summed E-state index contributed by atoms with van der Waals surface area (Å²) in [5, 5.41) is 3.42. The van der Waals surface area contributed by atoms with Gasteiger partial charge in [0.2, 0.25) is 0 Å². The maximum atomic E-state index is 5.82. The summed E-state index contributed by atoms with van der Waals surface area (Å²) in [4.78, 5) is 1.35. The number of rotatable bonds is 4. The largest absolute Gasteiger partial charge is 0.399 e. The quantitative estimate of drug-likeness (QED) is 0.637. The predicted molar refractivity (Wildman–Crippen MR) is 76.5 cm³/mol. The number of hydrogen-bond donors (Lipinski definition) is 2. The molecule has 1 aromatic rings. The molecule has 0 spiro atoms. The molecule has 1 fully saturated rings. The first-order valence-corrected chi connectivity index (χ1v) is 7.44. The lowest BCUT2D eigenvalue weighted by molar-refractivity contribution is 0.367. The minimum absolute atomic E-state index is 0.875. The van der Waals surface area contributed by atoms with Crippen molar-refractivity contribution in [3.8, 4) is 0 Å². The first kappa shape index (κ1) is 12.8. The van der Waals surface area contributed by atoms with Crippen molar-refractivity contribution in [3.63, 3.8) is 0 Å². The molecule has 1 aromatic carbocycles. The second-order valence-electron chi connectivity index (χ2n) is 4.86. The lowest BCUT2D eigenvalue weighted by Crippen LogP contribution is -2.27. The Hall–Kier alpha value is -0.670. The Morgan fingerprint density at radius 1 is 1.35 bits per heavy atom. The summed E-state index contributed by atoms with van der Waals surface area (Å²) in [6.07, 6.45) is 4.02. The minimum atomic E-state index is 0.875. The highest BCUT2D eigenvalue weighted by molar-refractivity contribution is 7.99. The highest BCUT2D eigenvalue weighted by atomic mass is 32.2. The predicted octanol–water partition coefficient (Wildman–Crippen LogP) is 3.06. The maximum absolute atomic E-state index is 5.82. The van der Waals surface area contributed by atoms with Crippen LogP contribution in [0.4, 0.5) is 5.69 Å². The van der Waals surface area contributed by atoms with Gasteiger partial charge in [0, 0.05) is 10.6 Å². The molecule has 94 valence electrons. The Kier molecular flexibility index (Phi) is 4.75. The summed E-state index contributed by atoms with van der Waals surface area (Å²) < 4.78 is 0. The molecule has 0 unspecified atom stereocenters. The van der Waals surface area contributed by atoms with Crippen molar-refractivity contribution in [1.82, 2.24) is 5.32 Å². The van der Waals surface area contributed by atoms with Crippen LogP contribution in [0.2, 0.25) is 0 Å². The second-order valence-corrected chi connectivity index (χ2v) is 5.99. The van der Waals surface area contributed by atoms with Crippen molar-refractivity contribution in [2.45, 2.75) is 31.1 Å². The molecular weight excluding hydrogens is 228 g/mol. The standard InChI is InChI=1S/C14H22N2S/c1-11-2-3-13(15)10-14(11)17-9-6-12-4-7-16-8-5-12/h2-3,10,12,16H,4-9,15H2,1H3. The Bertz CT molecular complexity index is 359. The van der Waals surface area contributed by atoms with Crippen molar-refractivity contribution in [2.24, 2.45) is 5.92 Å². The summed E-state index contributed by atoms with van der Waals surface area (Å²) in [5.41, 5.74) is 8.04. The Morgan fingerprint density at radius 2 is 2.12 bits per heavy atom. The molecule has 0 aromatic heterocycles. The van der Waals surface area contributed by atoms with E-state index in [1.165, 1.54) is 48.6 Å². The fourth-order valence-corrected chi connectivity index (χ4v) is 3.46. The molecule has 0 saturated carbocycles. The van der Waals surface area contributed by atoms with Gasteiger partial charge in [0.15, 0.2) is 0 Å². The fraction of sp³-hybridized carbons (Fsp3) is 0.571. The van der Waals surface area contributed by atoms with Crippen LogP contribution < -0.4 is 11.1 Å². The highest BCUT2D eigenvalue weighted by Crippen LogP contribution is 2.27. The Morgan fingerprint density at radius 3 is 2.88 bits per heavy atom. The van der Waals surface area contributed by atoms with Crippen molar-refractivity contribution in [3.05, 3.63) is 23.8 Å². The number of piperidine rings is 1. The Labute approximate surface area is 108 Å². The third-order valence-corrected chi connectivity index (χ3v) is 4.65. The average molecular weight is 250 g/mol. The monoisotopic (exact) mass is 250 g/mol. The van der Waals surface area contributed by atoms with E-state index in [1.54, 1.807) is 0 Å². The highest BCUT2D eigenvalue weighted by Gasteiger charge is 2.12. The van der Waals surface area contributed by atoms with Crippen molar-refractivity contribution in [1.29, 1.82) is 0 Å². The van der Waals surface area contributed by atoms with Crippen LogP contribution in [0.15, 0.2) is 23.1 Å². The zero-order valence-corrected chi connectivity index (χ0v) is 11.4. The first-order chi connectivity index (χ1) is 8.25. The molecule has 1 aliphatic heterocycles. The van der Waals surface area contributed by atoms with Gasteiger partial charge in [-0.25, -0.2) is 0 Å².